The Morgan fingerprint density at radius 3 is 2.30 bits per heavy atom. The Morgan fingerprint density at radius 1 is 0.879 bits per heavy atom. The van der Waals surface area contributed by atoms with Crippen LogP contribution < -0.4 is 14.8 Å². The smallest absolute Gasteiger partial charge is 0.278 e. The Balaban J connectivity index is 1.81. The van der Waals surface area contributed by atoms with E-state index in [2.05, 4.69) is 10.3 Å². The Bertz CT molecular complexity index is 1250. The molecule has 0 bridgehead atoms. The van der Waals surface area contributed by atoms with Crippen LogP contribution in [0, 0.1) is 13.8 Å². The molecule has 0 saturated heterocycles. The molecule has 1 aliphatic rings. The van der Waals surface area contributed by atoms with E-state index in [9.17, 15) is 9.59 Å². The largest absolute Gasteiger partial charge is 0.493 e. The normalized spacial score (nSPS) is 13.5. The number of pyridine rings is 1. The van der Waals surface area contributed by atoms with Gasteiger partial charge in [0.2, 0.25) is 0 Å². The van der Waals surface area contributed by atoms with Crippen molar-refractivity contribution in [1.29, 1.82) is 0 Å². The average molecular weight is 444 g/mol. The summed E-state index contributed by atoms with van der Waals surface area (Å²) in [6.45, 7) is 4.08. The van der Waals surface area contributed by atoms with Gasteiger partial charge in [-0.15, -0.1) is 0 Å². The second kappa shape index (κ2) is 9.16. The van der Waals surface area contributed by atoms with Crippen LogP contribution >= 0.6 is 0 Å². The maximum Gasteiger partial charge on any atom is 0.278 e. The van der Waals surface area contributed by atoms with Gasteiger partial charge in [0, 0.05) is 18.1 Å². The summed E-state index contributed by atoms with van der Waals surface area (Å²) in [4.78, 5) is 32.3. The van der Waals surface area contributed by atoms with Crippen LogP contribution in [-0.4, -0.2) is 35.9 Å². The molecule has 33 heavy (non-hydrogen) atoms. The van der Waals surface area contributed by atoms with E-state index in [1.54, 1.807) is 49.8 Å². The highest BCUT2D eigenvalue weighted by Crippen LogP contribution is 2.36. The molecule has 7 nitrogen and oxygen atoms in total. The highest BCUT2D eigenvalue weighted by atomic mass is 16.5. The average Bonchev–Trinajstić information content (AvgIpc) is 3.05. The summed E-state index contributed by atoms with van der Waals surface area (Å²) in [5.41, 5.74) is 4.68. The van der Waals surface area contributed by atoms with Gasteiger partial charge in [-0.05, 0) is 66.4 Å². The van der Waals surface area contributed by atoms with Crippen molar-refractivity contribution in [3.63, 3.8) is 0 Å². The number of ether oxygens (including phenoxy) is 2. The third-order valence-corrected chi connectivity index (χ3v) is 5.58. The molecule has 2 aromatic carbocycles. The lowest BCUT2D eigenvalue weighted by molar-refractivity contribution is -0.137. The van der Waals surface area contributed by atoms with Crippen molar-refractivity contribution in [2.45, 2.75) is 20.4 Å². The van der Waals surface area contributed by atoms with Crippen LogP contribution in [-0.2, 0) is 16.1 Å². The summed E-state index contributed by atoms with van der Waals surface area (Å²) in [5.74, 6) is 0.247. The van der Waals surface area contributed by atoms with Crippen LogP contribution in [0.15, 0.2) is 66.6 Å². The van der Waals surface area contributed by atoms with E-state index in [4.69, 9.17) is 9.47 Å². The molecular formula is C26H25N3O4. The van der Waals surface area contributed by atoms with Gasteiger partial charge < -0.3 is 14.8 Å². The van der Waals surface area contributed by atoms with E-state index in [1.807, 2.05) is 32.0 Å². The molecule has 0 aliphatic carbocycles. The fourth-order valence-electron chi connectivity index (χ4n) is 3.77. The topological polar surface area (TPSA) is 80.8 Å². The minimum atomic E-state index is -0.387. The number of nitrogens with zero attached hydrogens (tertiary/aromatic N) is 2. The van der Waals surface area contributed by atoms with Gasteiger partial charge in [-0.2, -0.15) is 0 Å². The summed E-state index contributed by atoms with van der Waals surface area (Å²) in [5, 5.41) is 3.24. The van der Waals surface area contributed by atoms with E-state index in [0.717, 1.165) is 22.4 Å². The number of nitrogens with one attached hydrogen (secondary N) is 1. The van der Waals surface area contributed by atoms with Gasteiger partial charge in [0.25, 0.3) is 11.8 Å². The van der Waals surface area contributed by atoms with Gasteiger partial charge in [0.1, 0.15) is 5.70 Å². The third-order valence-electron chi connectivity index (χ3n) is 5.58. The Labute approximate surface area is 192 Å². The standard InChI is InChI=1S/C26H25N3O4/c1-16-5-6-17(2)20(13-16)28-24-23(19-7-8-21(32-3)22(14-19)33-4)25(30)29(26(24)31)15-18-9-11-27-12-10-18/h5-14,28H,15H2,1-4H3. The number of amides is 2. The number of hydrogen-bond acceptors (Lipinski definition) is 6. The summed E-state index contributed by atoms with van der Waals surface area (Å²) < 4.78 is 10.8. The molecule has 2 heterocycles. The van der Waals surface area contributed by atoms with Crippen LogP contribution in [0.3, 0.4) is 0 Å². The first kappa shape index (κ1) is 22.1. The summed E-state index contributed by atoms with van der Waals surface area (Å²) >= 11 is 0. The van der Waals surface area contributed by atoms with E-state index in [-0.39, 0.29) is 29.6 Å². The molecule has 0 unspecified atom stereocenters. The van der Waals surface area contributed by atoms with E-state index < -0.39 is 0 Å². The molecule has 0 spiro atoms. The van der Waals surface area contributed by atoms with Crippen LogP contribution in [0.1, 0.15) is 22.3 Å². The zero-order valence-electron chi connectivity index (χ0n) is 19.0. The second-order valence-electron chi connectivity index (χ2n) is 7.82. The number of benzene rings is 2. The van der Waals surface area contributed by atoms with Crippen molar-refractivity contribution in [3.8, 4) is 11.5 Å². The first-order valence-corrected chi connectivity index (χ1v) is 10.5. The molecule has 2 amide bonds. The number of carbonyl (C=O) groups is 2. The van der Waals surface area contributed by atoms with Gasteiger partial charge in [0.15, 0.2) is 11.5 Å². The van der Waals surface area contributed by atoms with Crippen molar-refractivity contribution in [2.75, 3.05) is 19.5 Å². The lowest BCUT2D eigenvalue weighted by Gasteiger charge is -2.16. The second-order valence-corrected chi connectivity index (χ2v) is 7.82. The van der Waals surface area contributed by atoms with Crippen LogP contribution in [0.25, 0.3) is 5.57 Å². The van der Waals surface area contributed by atoms with Crippen molar-refractivity contribution in [2.24, 2.45) is 0 Å². The van der Waals surface area contributed by atoms with Gasteiger partial charge in [0.05, 0.1) is 26.3 Å². The van der Waals surface area contributed by atoms with Gasteiger partial charge >= 0.3 is 0 Å². The number of anilines is 1. The quantitative estimate of drug-likeness (QED) is 0.554. The molecule has 0 fully saturated rings. The predicted molar refractivity (Wildman–Crippen MR) is 126 cm³/mol. The zero-order chi connectivity index (χ0) is 23.5. The molecule has 0 radical (unpaired) electrons. The Morgan fingerprint density at radius 2 is 1.61 bits per heavy atom. The lowest BCUT2D eigenvalue weighted by atomic mass is 10.0. The molecule has 4 rings (SSSR count). The molecule has 0 atom stereocenters. The number of aromatic nitrogens is 1. The number of carbonyl (C=O) groups excluding carboxylic acids is 2. The molecular weight excluding hydrogens is 418 g/mol. The maximum atomic E-state index is 13.5. The molecule has 168 valence electrons. The Kier molecular flexibility index (Phi) is 6.13. The number of methoxy groups -OCH3 is 2. The predicted octanol–water partition coefficient (Wildman–Crippen LogP) is 4.11. The minimum Gasteiger partial charge on any atom is -0.493 e. The van der Waals surface area contributed by atoms with Gasteiger partial charge in [-0.25, -0.2) is 0 Å². The van der Waals surface area contributed by atoms with Crippen molar-refractivity contribution < 1.29 is 19.1 Å². The zero-order valence-corrected chi connectivity index (χ0v) is 19.0. The highest BCUT2D eigenvalue weighted by molar-refractivity contribution is 6.36. The summed E-state index contributed by atoms with van der Waals surface area (Å²) in [6, 6.07) is 14.7. The van der Waals surface area contributed by atoms with E-state index >= 15 is 0 Å². The number of hydrogen-bond donors (Lipinski definition) is 1. The van der Waals surface area contributed by atoms with Crippen molar-refractivity contribution in [3.05, 3.63) is 88.9 Å². The molecule has 3 aromatic rings. The van der Waals surface area contributed by atoms with Crippen molar-refractivity contribution in [1.82, 2.24) is 9.88 Å². The van der Waals surface area contributed by atoms with Crippen LogP contribution in [0.5, 0.6) is 11.5 Å². The first-order valence-electron chi connectivity index (χ1n) is 10.5. The highest BCUT2D eigenvalue weighted by Gasteiger charge is 2.39. The number of aryl methyl sites for hydroxylation is 2. The number of imide groups is 1. The van der Waals surface area contributed by atoms with E-state index in [0.29, 0.717) is 17.1 Å². The molecule has 1 aliphatic heterocycles. The van der Waals surface area contributed by atoms with E-state index in [1.165, 1.54) is 12.0 Å². The Hall–Kier alpha value is -4.13. The lowest BCUT2D eigenvalue weighted by Crippen LogP contribution is -2.32. The maximum absolute atomic E-state index is 13.5. The van der Waals surface area contributed by atoms with Crippen molar-refractivity contribution >= 4 is 23.1 Å². The summed E-state index contributed by atoms with van der Waals surface area (Å²) in [7, 11) is 3.08. The monoisotopic (exact) mass is 443 g/mol. The first-order chi connectivity index (χ1) is 15.9. The fourth-order valence-corrected chi connectivity index (χ4v) is 3.77. The van der Waals surface area contributed by atoms with Crippen LogP contribution in [0.2, 0.25) is 0 Å². The van der Waals surface area contributed by atoms with Crippen LogP contribution in [0.4, 0.5) is 5.69 Å². The fraction of sp³-hybridized carbons (Fsp3) is 0.192. The molecule has 0 saturated carbocycles. The van der Waals surface area contributed by atoms with Gasteiger partial charge in [-0.1, -0.05) is 18.2 Å². The molecule has 1 N–H and O–H groups in total. The molecule has 1 aromatic heterocycles. The summed E-state index contributed by atoms with van der Waals surface area (Å²) in [6.07, 6.45) is 3.27. The SMILES string of the molecule is COc1ccc(C2=C(Nc3cc(C)ccc3C)C(=O)N(Cc3ccncc3)C2=O)cc1OC. The van der Waals surface area contributed by atoms with Gasteiger partial charge in [-0.3, -0.25) is 19.5 Å². The third kappa shape index (κ3) is 4.30. The minimum absolute atomic E-state index is 0.148. The molecule has 7 heteroatoms. The number of rotatable bonds is 7.